The molecule has 13 heavy (non-hydrogen) atoms. The van der Waals surface area contributed by atoms with Crippen molar-refractivity contribution in [3.63, 3.8) is 0 Å². The number of ether oxygens (including phenoxy) is 1. The van der Waals surface area contributed by atoms with Crippen LogP contribution in [0.1, 0.15) is 34.1 Å². The van der Waals surface area contributed by atoms with Crippen LogP contribution in [0.3, 0.4) is 0 Å². The van der Waals surface area contributed by atoms with Gasteiger partial charge in [0.15, 0.2) is 0 Å². The number of aliphatic hydroxyl groups excluding tert-OH is 1. The zero-order valence-corrected chi connectivity index (χ0v) is 9.42. The van der Waals surface area contributed by atoms with E-state index >= 15 is 0 Å². The molecule has 3 nitrogen and oxygen atoms in total. The molecule has 0 rings (SSSR count). The Morgan fingerprint density at radius 1 is 1.23 bits per heavy atom. The second kappa shape index (κ2) is 11.9. The van der Waals surface area contributed by atoms with E-state index in [1.165, 1.54) is 0 Å². The van der Waals surface area contributed by atoms with Crippen LogP contribution in [-0.4, -0.2) is 31.0 Å². The monoisotopic (exact) mass is 191 g/mol. The van der Waals surface area contributed by atoms with Crippen LogP contribution in [0.25, 0.3) is 0 Å². The lowest BCUT2D eigenvalue weighted by Gasteiger charge is -2.09. The topological polar surface area (TPSA) is 55.5 Å². The van der Waals surface area contributed by atoms with Crippen molar-refractivity contribution in [3.8, 4) is 0 Å². The van der Waals surface area contributed by atoms with Crippen LogP contribution < -0.4 is 5.73 Å². The second-order valence-electron chi connectivity index (χ2n) is 3.35. The zero-order valence-electron chi connectivity index (χ0n) is 9.42. The summed E-state index contributed by atoms with van der Waals surface area (Å²) in [6, 6.07) is -0.0185. The van der Waals surface area contributed by atoms with Gasteiger partial charge in [-0.2, -0.15) is 0 Å². The highest BCUT2D eigenvalue weighted by Crippen LogP contribution is 2.00. The fraction of sp³-hybridized carbons (Fsp3) is 1.00. The van der Waals surface area contributed by atoms with Gasteiger partial charge in [0.05, 0.1) is 6.61 Å². The minimum Gasteiger partial charge on any atom is -0.395 e. The highest BCUT2D eigenvalue weighted by atomic mass is 16.5. The molecule has 0 amide bonds. The molecule has 0 heterocycles. The van der Waals surface area contributed by atoms with Crippen molar-refractivity contribution in [2.45, 2.75) is 40.2 Å². The van der Waals surface area contributed by atoms with E-state index in [4.69, 9.17) is 15.6 Å². The SMILES string of the molecule is CC(C)C[C@H](N)CO.CCOCC. The molecule has 82 valence electrons. The Kier molecular flexibility index (Phi) is 14.0. The molecule has 3 heteroatoms. The molecule has 0 aromatic rings. The first-order valence-corrected chi connectivity index (χ1v) is 5.02. The molecule has 0 bridgehead atoms. The van der Waals surface area contributed by atoms with Crippen molar-refractivity contribution >= 4 is 0 Å². The van der Waals surface area contributed by atoms with Gasteiger partial charge < -0.3 is 15.6 Å². The molecule has 0 aliphatic rings. The van der Waals surface area contributed by atoms with Crippen LogP contribution in [-0.2, 0) is 4.74 Å². The lowest BCUT2D eigenvalue weighted by Crippen LogP contribution is -2.25. The summed E-state index contributed by atoms with van der Waals surface area (Å²) in [7, 11) is 0. The van der Waals surface area contributed by atoms with Gasteiger partial charge >= 0.3 is 0 Å². The van der Waals surface area contributed by atoms with Gasteiger partial charge in [0.1, 0.15) is 0 Å². The summed E-state index contributed by atoms with van der Waals surface area (Å²) in [5, 5.41) is 8.46. The van der Waals surface area contributed by atoms with Crippen molar-refractivity contribution in [3.05, 3.63) is 0 Å². The van der Waals surface area contributed by atoms with Crippen molar-refractivity contribution in [1.82, 2.24) is 0 Å². The lowest BCUT2D eigenvalue weighted by atomic mass is 10.1. The van der Waals surface area contributed by atoms with E-state index in [0.29, 0.717) is 5.92 Å². The smallest absolute Gasteiger partial charge is 0.0582 e. The standard InChI is InChI=1S/C6H15NO.C4H10O/c1-5(2)3-6(7)4-8;1-3-5-4-2/h5-6,8H,3-4,7H2,1-2H3;3-4H2,1-2H3/t6-;/m0./s1. The minimum atomic E-state index is -0.0185. The average Bonchev–Trinajstić information content (AvgIpc) is 2.06. The first-order chi connectivity index (χ1) is 6.08. The summed E-state index contributed by atoms with van der Waals surface area (Å²) in [5.74, 6) is 0.595. The summed E-state index contributed by atoms with van der Waals surface area (Å²) < 4.78 is 4.83. The molecule has 0 aliphatic carbocycles. The van der Waals surface area contributed by atoms with Gasteiger partial charge in [0, 0.05) is 19.3 Å². The molecule has 0 aromatic carbocycles. The van der Waals surface area contributed by atoms with Crippen LogP contribution >= 0.6 is 0 Å². The first-order valence-electron chi connectivity index (χ1n) is 5.02. The third-order valence-electron chi connectivity index (χ3n) is 1.42. The van der Waals surface area contributed by atoms with E-state index in [0.717, 1.165) is 19.6 Å². The van der Waals surface area contributed by atoms with Gasteiger partial charge in [-0.1, -0.05) is 13.8 Å². The number of rotatable bonds is 5. The predicted molar refractivity (Wildman–Crippen MR) is 56.7 cm³/mol. The second-order valence-corrected chi connectivity index (χ2v) is 3.35. The maximum Gasteiger partial charge on any atom is 0.0582 e. The Labute approximate surface area is 82.3 Å². The molecule has 0 radical (unpaired) electrons. The Morgan fingerprint density at radius 2 is 1.69 bits per heavy atom. The summed E-state index contributed by atoms with van der Waals surface area (Å²) in [6.07, 6.45) is 0.913. The molecular formula is C10H25NO2. The van der Waals surface area contributed by atoms with Crippen molar-refractivity contribution in [2.24, 2.45) is 11.7 Å². The molecule has 0 unspecified atom stereocenters. The molecule has 0 saturated heterocycles. The number of hydrogen-bond donors (Lipinski definition) is 2. The number of aliphatic hydroxyl groups is 1. The predicted octanol–water partition coefficient (Wildman–Crippen LogP) is 1.39. The van der Waals surface area contributed by atoms with Gasteiger partial charge in [-0.3, -0.25) is 0 Å². The van der Waals surface area contributed by atoms with Gasteiger partial charge in [0.25, 0.3) is 0 Å². The third-order valence-corrected chi connectivity index (χ3v) is 1.42. The highest BCUT2D eigenvalue weighted by molar-refractivity contribution is 4.60. The Balaban J connectivity index is 0. The third kappa shape index (κ3) is 18.7. The Bertz CT molecular complexity index is 85.0. The van der Waals surface area contributed by atoms with Crippen molar-refractivity contribution in [2.75, 3.05) is 19.8 Å². The van der Waals surface area contributed by atoms with E-state index in [2.05, 4.69) is 13.8 Å². The van der Waals surface area contributed by atoms with Crippen LogP contribution in [0.15, 0.2) is 0 Å². The van der Waals surface area contributed by atoms with Gasteiger partial charge in [-0.25, -0.2) is 0 Å². The average molecular weight is 191 g/mol. The maximum atomic E-state index is 8.46. The van der Waals surface area contributed by atoms with Crippen LogP contribution in [0.2, 0.25) is 0 Å². The highest BCUT2D eigenvalue weighted by Gasteiger charge is 2.01. The molecule has 0 aromatic heterocycles. The molecule has 0 aliphatic heterocycles. The Hall–Kier alpha value is -0.120. The summed E-state index contributed by atoms with van der Waals surface area (Å²) in [5.41, 5.74) is 5.42. The molecule has 1 atom stereocenters. The molecule has 0 saturated carbocycles. The maximum absolute atomic E-state index is 8.46. The van der Waals surface area contributed by atoms with E-state index in [-0.39, 0.29) is 12.6 Å². The summed E-state index contributed by atoms with van der Waals surface area (Å²) in [4.78, 5) is 0. The minimum absolute atomic E-state index is 0.0185. The summed E-state index contributed by atoms with van der Waals surface area (Å²) in [6.45, 7) is 9.96. The van der Waals surface area contributed by atoms with Gasteiger partial charge in [0.2, 0.25) is 0 Å². The Morgan fingerprint density at radius 3 is 1.77 bits per heavy atom. The quantitative estimate of drug-likeness (QED) is 0.690. The fourth-order valence-electron chi connectivity index (χ4n) is 0.884. The molecule has 3 N–H and O–H groups in total. The van der Waals surface area contributed by atoms with E-state index < -0.39 is 0 Å². The van der Waals surface area contributed by atoms with Crippen LogP contribution in [0.5, 0.6) is 0 Å². The molecule has 0 fully saturated rings. The number of nitrogens with two attached hydrogens (primary N) is 1. The normalized spacial score (nSPS) is 12.2. The van der Waals surface area contributed by atoms with Crippen molar-refractivity contribution < 1.29 is 9.84 Å². The van der Waals surface area contributed by atoms with Crippen molar-refractivity contribution in [1.29, 1.82) is 0 Å². The number of hydrogen-bond acceptors (Lipinski definition) is 3. The van der Waals surface area contributed by atoms with E-state index in [1.54, 1.807) is 0 Å². The fourth-order valence-corrected chi connectivity index (χ4v) is 0.884. The van der Waals surface area contributed by atoms with Gasteiger partial charge in [-0.15, -0.1) is 0 Å². The van der Waals surface area contributed by atoms with E-state index in [1.807, 2.05) is 13.8 Å². The largest absolute Gasteiger partial charge is 0.395 e. The summed E-state index contributed by atoms with van der Waals surface area (Å²) >= 11 is 0. The zero-order chi connectivity index (χ0) is 10.7. The van der Waals surface area contributed by atoms with Crippen LogP contribution in [0, 0.1) is 5.92 Å². The van der Waals surface area contributed by atoms with Gasteiger partial charge in [-0.05, 0) is 26.2 Å². The lowest BCUT2D eigenvalue weighted by molar-refractivity contribution is 0.162. The molecule has 0 spiro atoms. The van der Waals surface area contributed by atoms with E-state index in [9.17, 15) is 0 Å². The molecular weight excluding hydrogens is 166 g/mol. The van der Waals surface area contributed by atoms with Crippen LogP contribution in [0.4, 0.5) is 0 Å². The first kappa shape index (κ1) is 15.4.